The molecule has 0 unspecified atom stereocenters. The van der Waals surface area contributed by atoms with Crippen molar-refractivity contribution >= 4 is 10.0 Å². The highest BCUT2D eigenvalue weighted by Crippen LogP contribution is 2.36. The lowest BCUT2D eigenvalue weighted by Crippen LogP contribution is -2.60. The number of aliphatic hydroxyl groups is 1. The van der Waals surface area contributed by atoms with Crippen LogP contribution in [0.15, 0.2) is 12.5 Å². The first-order valence-corrected chi connectivity index (χ1v) is 9.09. The van der Waals surface area contributed by atoms with Gasteiger partial charge in [0.25, 0.3) is 0 Å². The average Bonchev–Trinajstić information content (AvgIpc) is 2.90. The summed E-state index contributed by atoms with van der Waals surface area (Å²) in [5.74, 6) is -0.0300. The van der Waals surface area contributed by atoms with Gasteiger partial charge in [0.15, 0.2) is 0 Å². The van der Waals surface area contributed by atoms with Crippen molar-refractivity contribution in [1.29, 1.82) is 0 Å². The van der Waals surface area contributed by atoms with Gasteiger partial charge in [-0.25, -0.2) is 17.7 Å². The molecule has 0 bridgehead atoms. The Kier molecular flexibility index (Phi) is 3.81. The van der Waals surface area contributed by atoms with Gasteiger partial charge < -0.3 is 10.1 Å². The minimum Gasteiger partial charge on any atom is -0.389 e. The third-order valence-electron chi connectivity index (χ3n) is 4.74. The summed E-state index contributed by atoms with van der Waals surface area (Å²) in [5, 5.41) is 10.8. The van der Waals surface area contributed by atoms with Gasteiger partial charge in [-0.15, -0.1) is 0 Å². The van der Waals surface area contributed by atoms with Crippen LogP contribution in [0.25, 0.3) is 0 Å². The van der Waals surface area contributed by atoms with Gasteiger partial charge in [-0.3, -0.25) is 4.90 Å². The summed E-state index contributed by atoms with van der Waals surface area (Å²) >= 11 is 0. The first kappa shape index (κ1) is 15.0. The molecule has 1 aromatic rings. The van der Waals surface area contributed by atoms with Crippen molar-refractivity contribution in [3.63, 3.8) is 0 Å². The van der Waals surface area contributed by atoms with Gasteiger partial charge >= 0.3 is 0 Å². The van der Waals surface area contributed by atoms with Crippen LogP contribution in [0, 0.1) is 5.92 Å². The molecule has 8 heteroatoms. The molecule has 118 valence electrons. The third-order valence-corrected chi connectivity index (χ3v) is 6.01. The Balaban J connectivity index is 1.69. The zero-order chi connectivity index (χ0) is 15.1. The number of nitrogens with one attached hydrogen (secondary N) is 1. The van der Waals surface area contributed by atoms with Crippen molar-refractivity contribution in [1.82, 2.24) is 19.2 Å². The fraction of sp³-hybridized carbons (Fsp3) is 0.769. The quantitative estimate of drug-likeness (QED) is 0.794. The van der Waals surface area contributed by atoms with Crippen LogP contribution in [0.1, 0.15) is 18.5 Å². The lowest BCUT2D eigenvalue weighted by Gasteiger charge is -2.49. The van der Waals surface area contributed by atoms with E-state index in [0.29, 0.717) is 32.5 Å². The number of rotatable bonds is 3. The highest BCUT2D eigenvalue weighted by molar-refractivity contribution is 7.88. The fourth-order valence-corrected chi connectivity index (χ4v) is 4.27. The molecule has 2 N–H and O–H groups in total. The van der Waals surface area contributed by atoms with E-state index in [4.69, 9.17) is 0 Å². The molecule has 2 atom stereocenters. The van der Waals surface area contributed by atoms with Gasteiger partial charge in [-0.2, -0.15) is 0 Å². The summed E-state index contributed by atoms with van der Waals surface area (Å²) in [7, 11) is -3.18. The van der Waals surface area contributed by atoms with Gasteiger partial charge in [0.1, 0.15) is 0 Å². The van der Waals surface area contributed by atoms with Crippen LogP contribution in [-0.2, 0) is 16.6 Å². The number of piperidine rings is 2. The second kappa shape index (κ2) is 5.35. The predicted octanol–water partition coefficient (Wildman–Crippen LogP) is -0.372. The van der Waals surface area contributed by atoms with E-state index < -0.39 is 15.6 Å². The van der Waals surface area contributed by atoms with Crippen LogP contribution in [0.2, 0.25) is 0 Å². The highest BCUT2D eigenvalue weighted by atomic mass is 32.2. The van der Waals surface area contributed by atoms with Crippen LogP contribution in [0.5, 0.6) is 0 Å². The number of imidazole rings is 1. The lowest BCUT2D eigenvalue weighted by atomic mass is 9.76. The molecule has 21 heavy (non-hydrogen) atoms. The van der Waals surface area contributed by atoms with Gasteiger partial charge in [0.05, 0.1) is 18.2 Å². The summed E-state index contributed by atoms with van der Waals surface area (Å²) in [6.07, 6.45) is 5.92. The van der Waals surface area contributed by atoms with Gasteiger partial charge in [-0.1, -0.05) is 0 Å². The summed E-state index contributed by atoms with van der Waals surface area (Å²) in [4.78, 5) is 9.33. The summed E-state index contributed by atoms with van der Waals surface area (Å²) in [6, 6.07) is 0. The molecule has 3 rings (SSSR count). The molecule has 1 aromatic heterocycles. The van der Waals surface area contributed by atoms with Crippen LogP contribution < -0.4 is 0 Å². The molecule has 2 aliphatic rings. The molecular formula is C13H22N4O3S. The van der Waals surface area contributed by atoms with Gasteiger partial charge in [0, 0.05) is 50.5 Å². The Hall–Kier alpha value is -0.960. The van der Waals surface area contributed by atoms with Crippen LogP contribution in [0.3, 0.4) is 0 Å². The number of nitrogens with zero attached hydrogens (tertiary/aromatic N) is 3. The van der Waals surface area contributed by atoms with Gasteiger partial charge in [-0.05, 0) is 12.8 Å². The Bertz CT molecular complexity index is 589. The van der Waals surface area contributed by atoms with Crippen molar-refractivity contribution in [3.8, 4) is 0 Å². The first-order chi connectivity index (χ1) is 9.87. The minimum atomic E-state index is -3.18. The molecule has 0 radical (unpaired) electrons. The minimum absolute atomic E-state index is 0.0300. The Morgan fingerprint density at radius 3 is 2.86 bits per heavy atom. The Morgan fingerprint density at radius 2 is 2.19 bits per heavy atom. The highest BCUT2D eigenvalue weighted by Gasteiger charge is 2.46. The standard InChI is InChI=1S/C13H22N4O3S/c1-21(19,20)17-5-3-13(18)2-4-16(7-11(13)8-17)9-12-6-14-10-15-12/h6,10-11,18H,2-5,7-9H2,1H3,(H,14,15)/t11-,13-/m1/s1. The molecule has 2 fully saturated rings. The smallest absolute Gasteiger partial charge is 0.211 e. The first-order valence-electron chi connectivity index (χ1n) is 7.24. The van der Waals surface area contributed by atoms with E-state index >= 15 is 0 Å². The van der Waals surface area contributed by atoms with Crippen molar-refractivity contribution in [2.45, 2.75) is 25.0 Å². The largest absolute Gasteiger partial charge is 0.389 e. The van der Waals surface area contributed by atoms with E-state index in [1.165, 1.54) is 10.6 Å². The molecular weight excluding hydrogens is 292 g/mol. The van der Waals surface area contributed by atoms with Crippen molar-refractivity contribution < 1.29 is 13.5 Å². The molecule has 3 heterocycles. The number of sulfonamides is 1. The maximum absolute atomic E-state index is 11.7. The van der Waals surface area contributed by atoms with E-state index in [-0.39, 0.29) is 5.92 Å². The number of hydrogen-bond donors (Lipinski definition) is 2. The second-order valence-electron chi connectivity index (χ2n) is 6.23. The number of aromatic amines is 1. The van der Waals surface area contributed by atoms with E-state index in [2.05, 4.69) is 14.9 Å². The zero-order valence-corrected chi connectivity index (χ0v) is 13.0. The molecule has 2 aliphatic heterocycles. The molecule has 0 aromatic carbocycles. The monoisotopic (exact) mass is 314 g/mol. The second-order valence-corrected chi connectivity index (χ2v) is 8.22. The molecule has 0 amide bonds. The van der Waals surface area contributed by atoms with E-state index in [0.717, 1.165) is 18.8 Å². The van der Waals surface area contributed by atoms with Crippen molar-refractivity contribution in [2.24, 2.45) is 5.92 Å². The number of H-pyrrole nitrogens is 1. The number of fused-ring (bicyclic) bond motifs is 1. The normalized spacial score (nSPS) is 32.0. The van der Waals surface area contributed by atoms with E-state index in [9.17, 15) is 13.5 Å². The Labute approximate surface area is 125 Å². The average molecular weight is 314 g/mol. The molecule has 0 saturated carbocycles. The third kappa shape index (κ3) is 3.13. The molecule has 2 saturated heterocycles. The maximum atomic E-state index is 11.7. The zero-order valence-electron chi connectivity index (χ0n) is 12.2. The van der Waals surface area contributed by atoms with Crippen LogP contribution in [0.4, 0.5) is 0 Å². The topological polar surface area (TPSA) is 89.5 Å². The SMILES string of the molecule is CS(=O)(=O)N1CC[C@]2(O)CCN(Cc3cnc[nH]3)C[C@@H]2C1. The Morgan fingerprint density at radius 1 is 1.43 bits per heavy atom. The van der Waals surface area contributed by atoms with Crippen LogP contribution >= 0.6 is 0 Å². The number of aromatic nitrogens is 2. The summed E-state index contributed by atoms with van der Waals surface area (Å²) in [6.45, 7) is 3.12. The van der Waals surface area contributed by atoms with Gasteiger partial charge in [0.2, 0.25) is 10.0 Å². The maximum Gasteiger partial charge on any atom is 0.211 e. The number of likely N-dealkylation sites (tertiary alicyclic amines) is 1. The molecule has 0 aliphatic carbocycles. The van der Waals surface area contributed by atoms with Crippen molar-refractivity contribution in [3.05, 3.63) is 18.2 Å². The molecule has 0 spiro atoms. The summed E-state index contributed by atoms with van der Waals surface area (Å²) in [5.41, 5.74) is 0.322. The summed E-state index contributed by atoms with van der Waals surface area (Å²) < 4.78 is 24.9. The predicted molar refractivity (Wildman–Crippen MR) is 78.0 cm³/mol. The van der Waals surface area contributed by atoms with Crippen molar-refractivity contribution in [2.75, 3.05) is 32.4 Å². The van der Waals surface area contributed by atoms with E-state index in [1.54, 1.807) is 12.5 Å². The number of hydrogen-bond acceptors (Lipinski definition) is 5. The van der Waals surface area contributed by atoms with Crippen LogP contribution in [-0.4, -0.2) is 70.7 Å². The fourth-order valence-electron chi connectivity index (χ4n) is 3.40. The van der Waals surface area contributed by atoms with E-state index in [1.807, 2.05) is 0 Å². The lowest BCUT2D eigenvalue weighted by molar-refractivity contribution is -0.103. The molecule has 7 nitrogen and oxygen atoms in total.